The number of rotatable bonds is 3. The van der Waals surface area contributed by atoms with E-state index in [9.17, 15) is 4.79 Å². The summed E-state index contributed by atoms with van der Waals surface area (Å²) in [5, 5.41) is 7.25. The summed E-state index contributed by atoms with van der Waals surface area (Å²) >= 11 is 0. The van der Waals surface area contributed by atoms with Crippen LogP contribution in [-0.2, 0) is 0 Å². The van der Waals surface area contributed by atoms with Crippen molar-refractivity contribution in [2.75, 3.05) is 20.1 Å². The first-order valence-corrected chi connectivity index (χ1v) is 7.58. The fourth-order valence-electron chi connectivity index (χ4n) is 2.80. The second kappa shape index (κ2) is 6.27. The zero-order valence-corrected chi connectivity index (χ0v) is 13.0. The molecule has 1 N–H and O–H groups in total. The Labute approximate surface area is 130 Å². The number of hydrogen-bond acceptors (Lipinski definition) is 4. The maximum absolute atomic E-state index is 12.5. The average molecular weight is 299 g/mol. The number of nitrogens with one attached hydrogen (secondary N) is 1. The third kappa shape index (κ3) is 3.17. The van der Waals surface area contributed by atoms with Crippen LogP contribution in [0.15, 0.2) is 30.9 Å². The molecular formula is C16H21N5O. The molecule has 0 unspecified atom stereocenters. The van der Waals surface area contributed by atoms with Crippen molar-refractivity contribution in [3.05, 3.63) is 42.0 Å². The molecule has 1 fully saturated rings. The number of aryl methyl sites for hydroxylation is 1. The molecule has 0 atom stereocenters. The largest absolute Gasteiger partial charge is 0.349 e. The van der Waals surface area contributed by atoms with Gasteiger partial charge in [-0.1, -0.05) is 0 Å². The lowest BCUT2D eigenvalue weighted by Gasteiger charge is -2.29. The molecule has 0 bridgehead atoms. The zero-order chi connectivity index (χ0) is 15.5. The lowest BCUT2D eigenvalue weighted by atomic mass is 10.0. The Balaban J connectivity index is 1.70. The van der Waals surface area contributed by atoms with Gasteiger partial charge < -0.3 is 10.2 Å². The zero-order valence-electron chi connectivity index (χ0n) is 13.0. The Morgan fingerprint density at radius 3 is 2.73 bits per heavy atom. The van der Waals surface area contributed by atoms with Crippen LogP contribution >= 0.6 is 0 Å². The van der Waals surface area contributed by atoms with E-state index in [0.29, 0.717) is 0 Å². The normalized spacial score (nSPS) is 16.6. The van der Waals surface area contributed by atoms with Gasteiger partial charge in [-0.25, -0.2) is 9.67 Å². The number of aromatic nitrogens is 3. The molecule has 0 aliphatic carbocycles. The van der Waals surface area contributed by atoms with E-state index in [1.807, 2.05) is 25.1 Å². The van der Waals surface area contributed by atoms with Crippen LogP contribution in [0.3, 0.4) is 0 Å². The van der Waals surface area contributed by atoms with Crippen LogP contribution in [0.5, 0.6) is 0 Å². The number of nitrogens with zero attached hydrogens (tertiary/aromatic N) is 4. The number of carbonyl (C=O) groups is 1. The molecule has 1 aliphatic heterocycles. The molecule has 1 aromatic heterocycles. The molecule has 0 radical (unpaired) electrons. The van der Waals surface area contributed by atoms with Crippen LogP contribution in [-0.4, -0.2) is 51.8 Å². The lowest BCUT2D eigenvalue weighted by molar-refractivity contribution is 0.0916. The topological polar surface area (TPSA) is 63.1 Å². The molecule has 116 valence electrons. The first kappa shape index (κ1) is 14.7. The van der Waals surface area contributed by atoms with E-state index in [1.54, 1.807) is 11.0 Å². The second-order valence-electron chi connectivity index (χ2n) is 5.89. The predicted octanol–water partition coefficient (Wildman–Crippen LogP) is 1.40. The standard InChI is InChI=1S/C16H21N5O/c1-12-9-14(21-11-17-10-18-21)3-4-15(12)16(22)19-13-5-7-20(2)8-6-13/h3-4,9-11,13H,5-8H2,1-2H3,(H,19,22). The maximum atomic E-state index is 12.5. The fourth-order valence-corrected chi connectivity index (χ4v) is 2.80. The summed E-state index contributed by atoms with van der Waals surface area (Å²) in [7, 11) is 2.12. The third-order valence-electron chi connectivity index (χ3n) is 4.19. The van der Waals surface area contributed by atoms with Crippen LogP contribution < -0.4 is 5.32 Å². The summed E-state index contributed by atoms with van der Waals surface area (Å²) in [4.78, 5) is 18.7. The third-order valence-corrected chi connectivity index (χ3v) is 4.19. The Morgan fingerprint density at radius 1 is 1.32 bits per heavy atom. The van der Waals surface area contributed by atoms with Gasteiger partial charge in [0, 0.05) is 11.6 Å². The van der Waals surface area contributed by atoms with Crippen LogP contribution in [0.2, 0.25) is 0 Å². The molecule has 6 heteroatoms. The number of benzene rings is 1. The average Bonchev–Trinajstić information content (AvgIpc) is 3.03. The van der Waals surface area contributed by atoms with Crippen LogP contribution in [0.25, 0.3) is 5.69 Å². The molecule has 1 amide bonds. The van der Waals surface area contributed by atoms with E-state index in [-0.39, 0.29) is 11.9 Å². The fraction of sp³-hybridized carbons (Fsp3) is 0.438. The highest BCUT2D eigenvalue weighted by molar-refractivity contribution is 5.96. The number of amides is 1. The van der Waals surface area contributed by atoms with E-state index in [4.69, 9.17) is 0 Å². The highest BCUT2D eigenvalue weighted by atomic mass is 16.1. The van der Waals surface area contributed by atoms with Gasteiger partial charge in [-0.15, -0.1) is 0 Å². The first-order valence-electron chi connectivity index (χ1n) is 7.58. The number of hydrogen-bond donors (Lipinski definition) is 1. The van der Waals surface area contributed by atoms with Gasteiger partial charge >= 0.3 is 0 Å². The van der Waals surface area contributed by atoms with Crippen molar-refractivity contribution in [1.29, 1.82) is 0 Å². The second-order valence-corrected chi connectivity index (χ2v) is 5.89. The van der Waals surface area contributed by atoms with Gasteiger partial charge in [-0.3, -0.25) is 4.79 Å². The SMILES string of the molecule is Cc1cc(-n2cncn2)ccc1C(=O)NC1CCN(C)CC1. The van der Waals surface area contributed by atoms with Crippen LogP contribution in [0, 0.1) is 6.92 Å². The Hall–Kier alpha value is -2.21. The van der Waals surface area contributed by atoms with E-state index in [2.05, 4.69) is 27.3 Å². The minimum atomic E-state index is 0.0113. The van der Waals surface area contributed by atoms with Crippen molar-refractivity contribution in [1.82, 2.24) is 25.0 Å². The first-order chi connectivity index (χ1) is 10.6. The maximum Gasteiger partial charge on any atom is 0.251 e. The molecule has 1 aromatic carbocycles. The van der Waals surface area contributed by atoms with E-state index < -0.39 is 0 Å². The summed E-state index contributed by atoms with van der Waals surface area (Å²) in [5.74, 6) is 0.0113. The van der Waals surface area contributed by atoms with Gasteiger partial charge in [0.2, 0.25) is 0 Å². The Bertz CT molecular complexity index is 645. The van der Waals surface area contributed by atoms with E-state index >= 15 is 0 Å². The summed E-state index contributed by atoms with van der Waals surface area (Å²) in [6.07, 6.45) is 5.17. The minimum Gasteiger partial charge on any atom is -0.349 e. The molecular weight excluding hydrogens is 278 g/mol. The van der Waals surface area contributed by atoms with E-state index in [1.165, 1.54) is 6.33 Å². The van der Waals surface area contributed by atoms with Crippen molar-refractivity contribution in [2.24, 2.45) is 0 Å². The van der Waals surface area contributed by atoms with Gasteiger partial charge in [0.1, 0.15) is 12.7 Å². The quantitative estimate of drug-likeness (QED) is 0.930. The van der Waals surface area contributed by atoms with Crippen LogP contribution in [0.4, 0.5) is 0 Å². The molecule has 2 heterocycles. The van der Waals surface area contributed by atoms with Crippen molar-refractivity contribution in [3.63, 3.8) is 0 Å². The highest BCUT2D eigenvalue weighted by Crippen LogP contribution is 2.15. The van der Waals surface area contributed by atoms with Crippen molar-refractivity contribution >= 4 is 5.91 Å². The van der Waals surface area contributed by atoms with Gasteiger partial charge in [-0.05, 0) is 63.7 Å². The van der Waals surface area contributed by atoms with Gasteiger partial charge in [-0.2, -0.15) is 5.10 Å². The Morgan fingerprint density at radius 2 is 2.09 bits per heavy atom. The molecule has 1 aliphatic rings. The van der Waals surface area contributed by atoms with Crippen molar-refractivity contribution < 1.29 is 4.79 Å². The van der Waals surface area contributed by atoms with Crippen LogP contribution in [0.1, 0.15) is 28.8 Å². The Kier molecular flexibility index (Phi) is 4.20. The molecule has 6 nitrogen and oxygen atoms in total. The molecule has 0 spiro atoms. The number of carbonyl (C=O) groups excluding carboxylic acids is 1. The number of likely N-dealkylation sites (tertiary alicyclic amines) is 1. The molecule has 3 rings (SSSR count). The summed E-state index contributed by atoms with van der Waals surface area (Å²) in [6, 6.07) is 5.98. The van der Waals surface area contributed by atoms with E-state index in [0.717, 1.165) is 42.7 Å². The summed E-state index contributed by atoms with van der Waals surface area (Å²) < 4.78 is 1.69. The summed E-state index contributed by atoms with van der Waals surface area (Å²) in [5.41, 5.74) is 2.58. The molecule has 1 saturated heterocycles. The predicted molar refractivity (Wildman–Crippen MR) is 84.1 cm³/mol. The smallest absolute Gasteiger partial charge is 0.251 e. The highest BCUT2D eigenvalue weighted by Gasteiger charge is 2.20. The van der Waals surface area contributed by atoms with Gasteiger partial charge in [0.05, 0.1) is 5.69 Å². The number of piperidine rings is 1. The van der Waals surface area contributed by atoms with Crippen molar-refractivity contribution in [2.45, 2.75) is 25.8 Å². The minimum absolute atomic E-state index is 0.0113. The van der Waals surface area contributed by atoms with Gasteiger partial charge in [0.15, 0.2) is 0 Å². The summed E-state index contributed by atoms with van der Waals surface area (Å²) in [6.45, 7) is 4.02. The molecule has 22 heavy (non-hydrogen) atoms. The molecule has 2 aromatic rings. The lowest BCUT2D eigenvalue weighted by Crippen LogP contribution is -2.43. The van der Waals surface area contributed by atoms with Gasteiger partial charge in [0.25, 0.3) is 5.91 Å². The van der Waals surface area contributed by atoms with Crippen molar-refractivity contribution in [3.8, 4) is 5.69 Å². The monoisotopic (exact) mass is 299 g/mol. The molecule has 0 saturated carbocycles.